The molecule has 31 heavy (non-hydrogen) atoms. The predicted molar refractivity (Wildman–Crippen MR) is 117 cm³/mol. The Balaban J connectivity index is 1.35. The van der Waals surface area contributed by atoms with E-state index < -0.39 is 4.92 Å². The largest absolute Gasteiger partial charge is 0.494 e. The summed E-state index contributed by atoms with van der Waals surface area (Å²) in [5.74, 6) is 0.715. The molecule has 1 aromatic carbocycles. The fourth-order valence-corrected chi connectivity index (χ4v) is 4.48. The number of carbonyl (C=O) groups is 1. The molecule has 3 aromatic rings. The fraction of sp³-hybridized carbons (Fsp3) is 0.318. The number of thiazole rings is 1. The van der Waals surface area contributed by atoms with Crippen molar-refractivity contribution in [1.29, 1.82) is 0 Å². The fourth-order valence-electron chi connectivity index (χ4n) is 3.65. The molecular weight excluding hydrogens is 416 g/mol. The molecule has 1 N–H and O–H groups in total. The van der Waals surface area contributed by atoms with Crippen LogP contribution in [-0.4, -0.2) is 33.4 Å². The maximum absolute atomic E-state index is 12.5. The van der Waals surface area contributed by atoms with Gasteiger partial charge in [0.1, 0.15) is 17.0 Å². The molecule has 0 unspecified atom stereocenters. The van der Waals surface area contributed by atoms with Crippen LogP contribution in [0.3, 0.4) is 0 Å². The van der Waals surface area contributed by atoms with E-state index in [1.54, 1.807) is 6.07 Å². The van der Waals surface area contributed by atoms with Crippen LogP contribution in [0.25, 0.3) is 10.6 Å². The molecule has 8 nitrogen and oxygen atoms in total. The lowest BCUT2D eigenvalue weighted by Gasteiger charge is -2.24. The average molecular weight is 439 g/mol. The highest BCUT2D eigenvalue weighted by atomic mass is 32.1. The molecule has 1 amide bonds. The third kappa shape index (κ3) is 5.05. The van der Waals surface area contributed by atoms with Gasteiger partial charge in [0.25, 0.3) is 5.69 Å². The molecule has 4 rings (SSSR count). The summed E-state index contributed by atoms with van der Waals surface area (Å²) in [6.07, 6.45) is 3.49. The van der Waals surface area contributed by atoms with E-state index >= 15 is 0 Å². The van der Waals surface area contributed by atoms with Gasteiger partial charge in [-0.3, -0.25) is 19.9 Å². The van der Waals surface area contributed by atoms with Crippen LogP contribution in [0.1, 0.15) is 30.3 Å². The first-order valence-corrected chi connectivity index (χ1v) is 11.0. The highest BCUT2D eigenvalue weighted by Gasteiger charge is 2.23. The van der Waals surface area contributed by atoms with E-state index in [0.717, 1.165) is 39.7 Å². The number of amides is 1. The van der Waals surface area contributed by atoms with E-state index in [0.29, 0.717) is 19.4 Å². The van der Waals surface area contributed by atoms with Crippen molar-refractivity contribution in [3.63, 3.8) is 0 Å². The van der Waals surface area contributed by atoms with Crippen LogP contribution >= 0.6 is 11.3 Å². The summed E-state index contributed by atoms with van der Waals surface area (Å²) in [4.78, 5) is 31.9. The Kier molecular flexibility index (Phi) is 6.22. The zero-order chi connectivity index (χ0) is 21.8. The first-order chi connectivity index (χ1) is 15.0. The smallest absolute Gasteiger partial charge is 0.287 e. The number of carbonyl (C=O) groups excluding carboxylic acids is 1. The van der Waals surface area contributed by atoms with E-state index in [2.05, 4.69) is 15.3 Å². The van der Waals surface area contributed by atoms with E-state index in [4.69, 9.17) is 4.74 Å². The molecule has 2 heterocycles. The molecule has 0 aliphatic heterocycles. The second-order valence-electron chi connectivity index (χ2n) is 7.34. The molecule has 0 fully saturated rings. The number of benzene rings is 1. The van der Waals surface area contributed by atoms with Gasteiger partial charge in [0, 0.05) is 28.7 Å². The highest BCUT2D eigenvalue weighted by molar-refractivity contribution is 7.13. The van der Waals surface area contributed by atoms with E-state index in [-0.39, 0.29) is 24.1 Å². The van der Waals surface area contributed by atoms with Gasteiger partial charge in [-0.15, -0.1) is 11.3 Å². The lowest BCUT2D eigenvalue weighted by molar-refractivity contribution is -0.385. The maximum Gasteiger partial charge on any atom is 0.287 e. The van der Waals surface area contributed by atoms with Crippen molar-refractivity contribution in [2.45, 2.75) is 38.6 Å². The van der Waals surface area contributed by atoms with Crippen molar-refractivity contribution in [1.82, 2.24) is 15.3 Å². The first kappa shape index (κ1) is 20.9. The zero-order valence-electron chi connectivity index (χ0n) is 17.0. The van der Waals surface area contributed by atoms with Gasteiger partial charge >= 0.3 is 0 Å². The molecule has 1 aliphatic rings. The Morgan fingerprint density at radius 3 is 2.90 bits per heavy atom. The number of aromatic nitrogens is 2. The van der Waals surface area contributed by atoms with Crippen LogP contribution in [-0.2, 0) is 24.1 Å². The van der Waals surface area contributed by atoms with Crippen molar-refractivity contribution in [3.05, 3.63) is 69.0 Å². The molecule has 2 aromatic heterocycles. The van der Waals surface area contributed by atoms with Gasteiger partial charge < -0.3 is 10.1 Å². The van der Waals surface area contributed by atoms with Crippen LogP contribution in [0.5, 0.6) is 5.75 Å². The lowest BCUT2D eigenvalue weighted by Crippen LogP contribution is -2.39. The molecule has 1 atom stereocenters. The van der Waals surface area contributed by atoms with Gasteiger partial charge in [-0.2, -0.15) is 0 Å². The maximum atomic E-state index is 12.5. The Bertz CT molecular complexity index is 1100. The highest BCUT2D eigenvalue weighted by Crippen LogP contribution is 2.26. The van der Waals surface area contributed by atoms with Crippen LogP contribution in [0, 0.1) is 10.1 Å². The molecule has 0 spiro atoms. The normalized spacial score (nSPS) is 15.2. The lowest BCUT2D eigenvalue weighted by atomic mass is 9.91. The van der Waals surface area contributed by atoms with E-state index in [1.165, 1.54) is 17.5 Å². The number of nitrogens with zero attached hydrogens (tertiary/aromatic N) is 3. The summed E-state index contributed by atoms with van der Waals surface area (Å²) >= 11 is 1.50. The predicted octanol–water partition coefficient (Wildman–Crippen LogP) is 3.73. The third-order valence-electron chi connectivity index (χ3n) is 5.12. The van der Waals surface area contributed by atoms with Crippen LogP contribution in [0.15, 0.2) is 41.9 Å². The van der Waals surface area contributed by atoms with Gasteiger partial charge in [0.15, 0.2) is 0 Å². The summed E-state index contributed by atoms with van der Waals surface area (Å²) in [5.41, 5.74) is 3.39. The molecular formula is C22H22N4O4S. The van der Waals surface area contributed by atoms with Gasteiger partial charge in [0.05, 0.1) is 23.6 Å². The second kappa shape index (κ2) is 9.22. The van der Waals surface area contributed by atoms with Crippen LogP contribution < -0.4 is 10.1 Å². The molecule has 1 aliphatic carbocycles. The van der Waals surface area contributed by atoms with E-state index in [9.17, 15) is 14.9 Å². The minimum atomic E-state index is -0.445. The van der Waals surface area contributed by atoms with Gasteiger partial charge in [-0.05, 0) is 56.0 Å². The van der Waals surface area contributed by atoms with Crippen LogP contribution in [0.2, 0.25) is 0 Å². The summed E-state index contributed by atoms with van der Waals surface area (Å²) in [6.45, 7) is 2.56. The quantitative estimate of drug-likeness (QED) is 0.445. The number of rotatable bonds is 7. The third-order valence-corrected chi connectivity index (χ3v) is 6.06. The number of fused-ring (bicyclic) bond motifs is 1. The number of nitro groups is 1. The molecule has 0 radical (unpaired) electrons. The summed E-state index contributed by atoms with van der Waals surface area (Å²) in [6, 6.07) is 9.23. The monoisotopic (exact) mass is 438 g/mol. The number of hydrogen-bond acceptors (Lipinski definition) is 7. The topological polar surface area (TPSA) is 107 Å². The molecule has 0 saturated heterocycles. The minimum Gasteiger partial charge on any atom is -0.494 e. The van der Waals surface area contributed by atoms with Crippen molar-refractivity contribution in [3.8, 4) is 16.3 Å². The zero-order valence-corrected chi connectivity index (χ0v) is 17.9. The van der Waals surface area contributed by atoms with Crippen LogP contribution in [0.4, 0.5) is 5.69 Å². The number of nitrogens with one attached hydrogen (secondary N) is 1. The molecule has 0 saturated carbocycles. The summed E-state index contributed by atoms with van der Waals surface area (Å²) in [7, 11) is 0. The molecule has 160 valence electrons. The minimum absolute atomic E-state index is 0.0185. The Morgan fingerprint density at radius 1 is 1.35 bits per heavy atom. The standard InChI is InChI=1S/C22H22N4O4S/c1-2-30-19-6-3-14(4-7-19)22-25-17(13-31-22)11-21(27)24-16-5-8-20-15(9-16)10-18(12-23-20)26(28)29/h3-4,6-7,10,12-13,16H,2,5,8-9,11H2,1H3,(H,24,27)/t16-/m0/s1. The number of ether oxygens (including phenoxy) is 1. The summed E-state index contributed by atoms with van der Waals surface area (Å²) in [5, 5.41) is 16.8. The number of hydrogen-bond donors (Lipinski definition) is 1. The Labute approximate surface area is 183 Å². The second-order valence-corrected chi connectivity index (χ2v) is 8.20. The van der Waals surface area contributed by atoms with Crippen molar-refractivity contribution < 1.29 is 14.5 Å². The Hall–Kier alpha value is -3.33. The van der Waals surface area contributed by atoms with Gasteiger partial charge in [-0.25, -0.2) is 4.98 Å². The van der Waals surface area contributed by atoms with Gasteiger partial charge in [0.2, 0.25) is 5.91 Å². The molecule has 0 bridgehead atoms. The Morgan fingerprint density at radius 2 is 2.16 bits per heavy atom. The number of pyridine rings is 1. The van der Waals surface area contributed by atoms with E-state index in [1.807, 2.05) is 36.6 Å². The van der Waals surface area contributed by atoms with Crippen molar-refractivity contribution in [2.24, 2.45) is 0 Å². The van der Waals surface area contributed by atoms with Crippen molar-refractivity contribution in [2.75, 3.05) is 6.61 Å². The van der Waals surface area contributed by atoms with Crippen molar-refractivity contribution >= 4 is 22.9 Å². The average Bonchev–Trinajstić information content (AvgIpc) is 3.22. The first-order valence-electron chi connectivity index (χ1n) is 10.1. The SMILES string of the molecule is CCOc1ccc(-c2nc(CC(=O)N[C@H]3CCc4ncc([N+](=O)[O-])cc4C3)cs2)cc1. The van der Waals surface area contributed by atoms with Gasteiger partial charge in [-0.1, -0.05) is 0 Å². The summed E-state index contributed by atoms with van der Waals surface area (Å²) < 4.78 is 5.46. The molecule has 9 heteroatoms. The number of aryl methyl sites for hydroxylation is 1.